The Balaban J connectivity index is 1.63. The second-order valence-electron chi connectivity index (χ2n) is 7.63. The minimum Gasteiger partial charge on any atom is -0.491 e. The molecule has 0 aromatic heterocycles. The minimum atomic E-state index is -0.141. The van der Waals surface area contributed by atoms with Crippen LogP contribution in [0.3, 0.4) is 0 Å². The Morgan fingerprint density at radius 1 is 1.25 bits per heavy atom. The van der Waals surface area contributed by atoms with Gasteiger partial charge in [0, 0.05) is 11.6 Å². The summed E-state index contributed by atoms with van der Waals surface area (Å²) in [6, 6.07) is 15.6. The Morgan fingerprint density at radius 2 is 2.00 bits per heavy atom. The van der Waals surface area contributed by atoms with Crippen LogP contribution in [0, 0.1) is 12.8 Å². The highest BCUT2D eigenvalue weighted by atomic mass is 35.5. The van der Waals surface area contributed by atoms with E-state index < -0.39 is 0 Å². The molecule has 0 bridgehead atoms. The molecule has 2 aromatic carbocycles. The van der Waals surface area contributed by atoms with Crippen LogP contribution in [0.1, 0.15) is 30.9 Å². The highest BCUT2D eigenvalue weighted by molar-refractivity contribution is 6.31. The van der Waals surface area contributed by atoms with Crippen LogP contribution in [0.2, 0.25) is 5.02 Å². The first-order chi connectivity index (χ1) is 13.5. The minimum absolute atomic E-state index is 0.139. The van der Waals surface area contributed by atoms with E-state index in [1.807, 2.05) is 60.4 Å². The van der Waals surface area contributed by atoms with Crippen molar-refractivity contribution in [3.63, 3.8) is 0 Å². The molecule has 1 aliphatic rings. The maximum atomic E-state index is 13.3. The van der Waals surface area contributed by atoms with E-state index in [-0.39, 0.29) is 23.8 Å². The monoisotopic (exact) mass is 401 g/mol. The van der Waals surface area contributed by atoms with Gasteiger partial charge in [0.25, 0.3) is 0 Å². The van der Waals surface area contributed by atoms with Crippen molar-refractivity contribution < 1.29 is 14.3 Å². The lowest BCUT2D eigenvalue weighted by Gasteiger charge is -2.36. The summed E-state index contributed by atoms with van der Waals surface area (Å²) < 4.78 is 11.7. The number of halogens is 1. The van der Waals surface area contributed by atoms with Crippen LogP contribution in [-0.2, 0) is 9.53 Å². The molecular weight excluding hydrogens is 374 g/mol. The number of aryl methyl sites for hydroxylation is 1. The van der Waals surface area contributed by atoms with E-state index in [0.29, 0.717) is 26.3 Å². The highest BCUT2D eigenvalue weighted by Crippen LogP contribution is 2.28. The molecule has 28 heavy (non-hydrogen) atoms. The van der Waals surface area contributed by atoms with Crippen molar-refractivity contribution in [2.75, 3.05) is 26.3 Å². The van der Waals surface area contributed by atoms with Gasteiger partial charge in [-0.3, -0.25) is 4.79 Å². The highest BCUT2D eigenvalue weighted by Gasteiger charge is 2.32. The summed E-state index contributed by atoms with van der Waals surface area (Å²) in [4.78, 5) is 15.2. The Hall–Kier alpha value is -2.04. The number of hydrogen-bond donors (Lipinski definition) is 0. The second kappa shape index (κ2) is 9.44. The van der Waals surface area contributed by atoms with Crippen LogP contribution in [0.25, 0.3) is 0 Å². The summed E-state index contributed by atoms with van der Waals surface area (Å²) in [5.41, 5.74) is 2.04. The van der Waals surface area contributed by atoms with Crippen LogP contribution in [0.5, 0.6) is 5.75 Å². The summed E-state index contributed by atoms with van der Waals surface area (Å²) in [5.74, 6) is 1.01. The topological polar surface area (TPSA) is 38.8 Å². The Kier molecular flexibility index (Phi) is 6.97. The van der Waals surface area contributed by atoms with E-state index in [0.717, 1.165) is 21.9 Å². The number of ether oxygens (including phenoxy) is 2. The molecule has 0 radical (unpaired) electrons. The number of rotatable bonds is 6. The zero-order chi connectivity index (χ0) is 20.1. The van der Waals surface area contributed by atoms with Crippen molar-refractivity contribution in [1.82, 2.24) is 4.90 Å². The summed E-state index contributed by atoms with van der Waals surface area (Å²) in [6.45, 7) is 8.23. The Labute approximate surface area is 172 Å². The predicted octanol–water partition coefficient (Wildman–Crippen LogP) is 4.69. The molecule has 1 amide bonds. The molecule has 5 heteroatoms. The average Bonchev–Trinajstić information content (AvgIpc) is 2.70. The summed E-state index contributed by atoms with van der Waals surface area (Å²) in [5, 5.41) is 0.721. The zero-order valence-corrected chi connectivity index (χ0v) is 17.5. The number of carbonyl (C=O) groups is 1. The van der Waals surface area contributed by atoms with Crippen LogP contribution in [0.4, 0.5) is 0 Å². The molecule has 1 saturated heterocycles. The smallest absolute Gasteiger partial charge is 0.230 e. The first-order valence-corrected chi connectivity index (χ1v) is 10.2. The van der Waals surface area contributed by atoms with Crippen LogP contribution in [-0.4, -0.2) is 43.2 Å². The average molecular weight is 402 g/mol. The van der Waals surface area contributed by atoms with Crippen molar-refractivity contribution in [1.29, 1.82) is 0 Å². The van der Waals surface area contributed by atoms with Crippen molar-refractivity contribution in [2.45, 2.75) is 32.8 Å². The lowest BCUT2D eigenvalue weighted by molar-refractivity contribution is -0.142. The van der Waals surface area contributed by atoms with Gasteiger partial charge in [-0.05, 0) is 42.2 Å². The van der Waals surface area contributed by atoms with Crippen LogP contribution >= 0.6 is 11.6 Å². The zero-order valence-electron chi connectivity index (χ0n) is 16.7. The van der Waals surface area contributed by atoms with E-state index >= 15 is 0 Å². The van der Waals surface area contributed by atoms with E-state index in [1.165, 1.54) is 0 Å². The number of hydrogen-bond acceptors (Lipinski definition) is 3. The third kappa shape index (κ3) is 5.06. The van der Waals surface area contributed by atoms with Crippen molar-refractivity contribution in [3.05, 3.63) is 64.7 Å². The summed E-state index contributed by atoms with van der Waals surface area (Å²) >= 11 is 6.06. The maximum Gasteiger partial charge on any atom is 0.230 e. The van der Waals surface area contributed by atoms with Gasteiger partial charge in [-0.15, -0.1) is 0 Å². The van der Waals surface area contributed by atoms with E-state index in [9.17, 15) is 4.79 Å². The first kappa shape index (κ1) is 20.7. The molecule has 2 atom stereocenters. The molecular formula is C23H28ClNO3. The van der Waals surface area contributed by atoms with Gasteiger partial charge in [-0.1, -0.05) is 55.8 Å². The van der Waals surface area contributed by atoms with Gasteiger partial charge < -0.3 is 14.4 Å². The normalized spacial score (nSPS) is 18.2. The molecule has 4 nitrogen and oxygen atoms in total. The van der Waals surface area contributed by atoms with Crippen molar-refractivity contribution in [3.8, 4) is 5.75 Å². The lowest BCUT2D eigenvalue weighted by Crippen LogP contribution is -2.49. The standard InChI is InChI=1S/C23H28ClNO3/c1-16(2)22(18-7-5-4-6-8-18)23(26)25-11-12-27-20(14-25)15-28-19-9-10-21(24)17(3)13-19/h4-10,13,16,20,22H,11-12,14-15H2,1-3H3. The quantitative estimate of drug-likeness (QED) is 0.704. The molecule has 1 fully saturated rings. The molecule has 150 valence electrons. The number of amides is 1. The van der Waals surface area contributed by atoms with E-state index in [1.54, 1.807) is 0 Å². The van der Waals surface area contributed by atoms with Crippen LogP contribution < -0.4 is 4.74 Å². The fourth-order valence-corrected chi connectivity index (χ4v) is 3.70. The molecule has 0 aliphatic carbocycles. The van der Waals surface area contributed by atoms with E-state index in [4.69, 9.17) is 21.1 Å². The number of morpholine rings is 1. The van der Waals surface area contributed by atoms with Gasteiger partial charge in [0.15, 0.2) is 0 Å². The first-order valence-electron chi connectivity index (χ1n) is 9.80. The van der Waals surface area contributed by atoms with Gasteiger partial charge in [-0.2, -0.15) is 0 Å². The molecule has 3 rings (SSSR count). The number of benzene rings is 2. The largest absolute Gasteiger partial charge is 0.491 e. The van der Waals surface area contributed by atoms with Gasteiger partial charge >= 0.3 is 0 Å². The summed E-state index contributed by atoms with van der Waals surface area (Å²) in [6.07, 6.45) is -0.141. The fraction of sp³-hybridized carbons (Fsp3) is 0.435. The molecule has 2 aromatic rings. The Morgan fingerprint density at radius 3 is 2.68 bits per heavy atom. The molecule has 1 aliphatic heterocycles. The van der Waals surface area contributed by atoms with Crippen molar-refractivity contribution >= 4 is 17.5 Å². The summed E-state index contributed by atoms with van der Waals surface area (Å²) in [7, 11) is 0. The van der Waals surface area contributed by atoms with Gasteiger partial charge in [0.1, 0.15) is 18.5 Å². The van der Waals surface area contributed by atoms with Crippen LogP contribution in [0.15, 0.2) is 48.5 Å². The Bertz CT molecular complexity index is 794. The van der Waals surface area contributed by atoms with Gasteiger partial charge in [0.05, 0.1) is 19.1 Å². The molecule has 0 N–H and O–H groups in total. The van der Waals surface area contributed by atoms with E-state index in [2.05, 4.69) is 13.8 Å². The number of carbonyl (C=O) groups excluding carboxylic acids is 1. The van der Waals surface area contributed by atoms with Gasteiger partial charge in [-0.25, -0.2) is 0 Å². The second-order valence-corrected chi connectivity index (χ2v) is 8.04. The molecule has 1 heterocycles. The van der Waals surface area contributed by atoms with Gasteiger partial charge in [0.2, 0.25) is 5.91 Å². The molecule has 0 saturated carbocycles. The molecule has 2 unspecified atom stereocenters. The molecule has 0 spiro atoms. The SMILES string of the molecule is Cc1cc(OCC2CN(C(=O)C(c3ccccc3)C(C)C)CCO2)ccc1Cl. The fourth-order valence-electron chi connectivity index (χ4n) is 3.59. The third-order valence-electron chi connectivity index (χ3n) is 5.11. The van der Waals surface area contributed by atoms with Crippen molar-refractivity contribution in [2.24, 2.45) is 5.92 Å². The number of nitrogens with zero attached hydrogens (tertiary/aromatic N) is 1. The lowest BCUT2D eigenvalue weighted by atomic mass is 9.87. The third-order valence-corrected chi connectivity index (χ3v) is 5.53. The maximum absolute atomic E-state index is 13.3. The predicted molar refractivity (Wildman–Crippen MR) is 112 cm³/mol.